The summed E-state index contributed by atoms with van der Waals surface area (Å²) >= 11 is 0. The van der Waals surface area contributed by atoms with Gasteiger partial charge in [0.25, 0.3) is 0 Å². The lowest BCUT2D eigenvalue weighted by atomic mass is 9.98. The fourth-order valence-corrected chi connectivity index (χ4v) is 3.10. The second-order valence-electron chi connectivity index (χ2n) is 6.25. The molecule has 2 nitrogen and oxygen atoms in total. The smallest absolute Gasteiger partial charge is 0.0455 e. The molecule has 0 heterocycles. The second kappa shape index (κ2) is 6.59. The summed E-state index contributed by atoms with van der Waals surface area (Å²) in [5.41, 5.74) is 1.44. The quantitative estimate of drug-likeness (QED) is 0.826. The highest BCUT2D eigenvalue weighted by Gasteiger charge is 2.28. The summed E-state index contributed by atoms with van der Waals surface area (Å²) in [4.78, 5) is 2.52. The van der Waals surface area contributed by atoms with Gasteiger partial charge in [0.2, 0.25) is 0 Å². The van der Waals surface area contributed by atoms with Crippen molar-refractivity contribution in [3.63, 3.8) is 0 Å². The first kappa shape index (κ1) is 14.6. The van der Waals surface area contributed by atoms with Gasteiger partial charge in [-0.1, -0.05) is 49.4 Å². The zero-order valence-corrected chi connectivity index (χ0v) is 13.2. The van der Waals surface area contributed by atoms with Crippen LogP contribution in [-0.2, 0) is 0 Å². The molecule has 0 spiro atoms. The summed E-state index contributed by atoms with van der Waals surface area (Å²) in [5.74, 6) is 0. The minimum Gasteiger partial charge on any atom is -0.309 e. The molecule has 0 saturated heterocycles. The van der Waals surface area contributed by atoms with Gasteiger partial charge in [-0.3, -0.25) is 0 Å². The highest BCUT2D eigenvalue weighted by molar-refractivity contribution is 5.86. The van der Waals surface area contributed by atoms with Crippen LogP contribution < -0.4 is 5.32 Å². The monoisotopic (exact) mass is 282 g/mol. The van der Waals surface area contributed by atoms with E-state index >= 15 is 0 Å². The molecule has 2 aromatic carbocycles. The van der Waals surface area contributed by atoms with Crippen LogP contribution in [0.3, 0.4) is 0 Å². The summed E-state index contributed by atoms with van der Waals surface area (Å²) in [5, 5.41) is 6.48. The fourth-order valence-electron chi connectivity index (χ4n) is 3.10. The molecule has 1 aliphatic carbocycles. The Bertz CT molecular complexity index is 584. The van der Waals surface area contributed by atoms with E-state index in [1.54, 1.807) is 0 Å². The van der Waals surface area contributed by atoms with Gasteiger partial charge in [-0.05, 0) is 49.2 Å². The summed E-state index contributed by atoms with van der Waals surface area (Å²) in [7, 11) is 2.27. The number of hydrogen-bond acceptors (Lipinski definition) is 2. The number of nitrogens with one attached hydrogen (secondary N) is 1. The Labute approximate surface area is 128 Å². The average molecular weight is 282 g/mol. The van der Waals surface area contributed by atoms with Gasteiger partial charge in [0, 0.05) is 18.6 Å². The van der Waals surface area contributed by atoms with Gasteiger partial charge in [0.1, 0.15) is 0 Å². The molecule has 1 saturated carbocycles. The highest BCUT2D eigenvalue weighted by Crippen LogP contribution is 2.29. The Hall–Kier alpha value is -1.38. The number of fused-ring (bicyclic) bond motifs is 1. The summed E-state index contributed by atoms with van der Waals surface area (Å²) in [6.07, 6.45) is 3.91. The zero-order chi connectivity index (χ0) is 14.7. The van der Waals surface area contributed by atoms with Gasteiger partial charge < -0.3 is 10.2 Å². The SMILES string of the molecule is CCCNC(CN(C)C1CC1)c1cccc2ccccc12. The van der Waals surface area contributed by atoms with Crippen LogP contribution in [0.5, 0.6) is 0 Å². The first-order valence-electron chi connectivity index (χ1n) is 8.21. The van der Waals surface area contributed by atoms with Gasteiger partial charge in [0.05, 0.1) is 0 Å². The van der Waals surface area contributed by atoms with Crippen LogP contribution in [0.25, 0.3) is 10.8 Å². The van der Waals surface area contributed by atoms with E-state index in [4.69, 9.17) is 0 Å². The van der Waals surface area contributed by atoms with Crippen molar-refractivity contribution in [2.45, 2.75) is 38.3 Å². The maximum atomic E-state index is 3.75. The largest absolute Gasteiger partial charge is 0.309 e. The van der Waals surface area contributed by atoms with Crippen molar-refractivity contribution in [3.05, 3.63) is 48.0 Å². The molecule has 1 fully saturated rings. The van der Waals surface area contributed by atoms with Crippen LogP contribution in [0.4, 0.5) is 0 Å². The van der Waals surface area contributed by atoms with Crippen molar-refractivity contribution < 1.29 is 0 Å². The third-order valence-electron chi connectivity index (χ3n) is 4.48. The lowest BCUT2D eigenvalue weighted by Crippen LogP contribution is -2.34. The van der Waals surface area contributed by atoms with Crippen LogP contribution in [0.1, 0.15) is 37.8 Å². The van der Waals surface area contributed by atoms with Crippen molar-refractivity contribution >= 4 is 10.8 Å². The van der Waals surface area contributed by atoms with Crippen molar-refractivity contribution in [2.75, 3.05) is 20.1 Å². The third kappa shape index (κ3) is 3.45. The fraction of sp³-hybridized carbons (Fsp3) is 0.474. The van der Waals surface area contributed by atoms with E-state index in [9.17, 15) is 0 Å². The molecular weight excluding hydrogens is 256 g/mol. The summed E-state index contributed by atoms with van der Waals surface area (Å²) in [6.45, 7) is 4.41. The van der Waals surface area contributed by atoms with Crippen LogP contribution in [0.15, 0.2) is 42.5 Å². The minimum atomic E-state index is 0.418. The van der Waals surface area contributed by atoms with Crippen LogP contribution in [0, 0.1) is 0 Å². The Morgan fingerprint density at radius 1 is 1.14 bits per heavy atom. The van der Waals surface area contributed by atoms with Crippen LogP contribution in [-0.4, -0.2) is 31.1 Å². The normalized spacial score (nSPS) is 16.5. The van der Waals surface area contributed by atoms with Crippen LogP contribution in [0.2, 0.25) is 0 Å². The van der Waals surface area contributed by atoms with Crippen molar-refractivity contribution in [3.8, 4) is 0 Å². The lowest BCUT2D eigenvalue weighted by Gasteiger charge is -2.26. The molecule has 3 rings (SSSR count). The standard InChI is InChI=1S/C19H26N2/c1-3-13-20-19(14-21(2)16-11-12-16)18-10-6-8-15-7-4-5-9-17(15)18/h4-10,16,19-20H,3,11-14H2,1-2H3. The molecule has 0 radical (unpaired) electrons. The van der Waals surface area contributed by atoms with Gasteiger partial charge in [-0.15, -0.1) is 0 Å². The molecule has 0 bridgehead atoms. The Morgan fingerprint density at radius 2 is 1.90 bits per heavy atom. The van der Waals surface area contributed by atoms with Crippen molar-refractivity contribution in [1.29, 1.82) is 0 Å². The first-order chi connectivity index (χ1) is 10.3. The molecule has 0 amide bonds. The molecular formula is C19H26N2. The number of rotatable bonds is 7. The maximum absolute atomic E-state index is 3.75. The summed E-state index contributed by atoms with van der Waals surface area (Å²) < 4.78 is 0. The molecule has 0 aliphatic heterocycles. The van der Waals surface area contributed by atoms with Gasteiger partial charge in [0.15, 0.2) is 0 Å². The maximum Gasteiger partial charge on any atom is 0.0455 e. The molecule has 1 N–H and O–H groups in total. The first-order valence-corrected chi connectivity index (χ1v) is 8.21. The number of likely N-dealkylation sites (N-methyl/N-ethyl adjacent to an activating group) is 1. The van der Waals surface area contributed by atoms with Gasteiger partial charge >= 0.3 is 0 Å². The molecule has 0 aromatic heterocycles. The number of benzene rings is 2. The Morgan fingerprint density at radius 3 is 2.67 bits per heavy atom. The molecule has 1 aliphatic rings. The van der Waals surface area contributed by atoms with Crippen LogP contribution >= 0.6 is 0 Å². The Balaban J connectivity index is 1.88. The number of nitrogens with zero attached hydrogens (tertiary/aromatic N) is 1. The molecule has 1 unspecified atom stereocenters. The average Bonchev–Trinajstić information content (AvgIpc) is 3.35. The third-order valence-corrected chi connectivity index (χ3v) is 4.48. The van der Waals surface area contributed by atoms with E-state index in [1.165, 1.54) is 35.6 Å². The zero-order valence-electron chi connectivity index (χ0n) is 13.2. The second-order valence-corrected chi connectivity index (χ2v) is 6.25. The summed E-state index contributed by atoms with van der Waals surface area (Å²) in [6, 6.07) is 16.6. The van der Waals surface area contributed by atoms with Crippen molar-refractivity contribution in [2.24, 2.45) is 0 Å². The topological polar surface area (TPSA) is 15.3 Å². The number of hydrogen-bond donors (Lipinski definition) is 1. The minimum absolute atomic E-state index is 0.418. The Kier molecular flexibility index (Phi) is 4.57. The van der Waals surface area contributed by atoms with E-state index in [2.05, 4.69) is 66.7 Å². The van der Waals surface area contributed by atoms with Gasteiger partial charge in [-0.25, -0.2) is 0 Å². The predicted molar refractivity (Wildman–Crippen MR) is 90.6 cm³/mol. The molecule has 1 atom stereocenters. The lowest BCUT2D eigenvalue weighted by molar-refractivity contribution is 0.282. The van der Waals surface area contributed by atoms with E-state index in [-0.39, 0.29) is 0 Å². The van der Waals surface area contributed by atoms with E-state index in [1.807, 2.05) is 0 Å². The van der Waals surface area contributed by atoms with Gasteiger partial charge in [-0.2, -0.15) is 0 Å². The van der Waals surface area contributed by atoms with Crippen molar-refractivity contribution in [1.82, 2.24) is 10.2 Å². The predicted octanol–water partition coefficient (Wildman–Crippen LogP) is 3.97. The molecule has 21 heavy (non-hydrogen) atoms. The molecule has 2 heteroatoms. The van der Waals surface area contributed by atoms with E-state index < -0.39 is 0 Å². The highest BCUT2D eigenvalue weighted by atomic mass is 15.2. The van der Waals surface area contributed by atoms with E-state index in [0.29, 0.717) is 6.04 Å². The van der Waals surface area contributed by atoms with E-state index in [0.717, 1.165) is 19.1 Å². The molecule has 2 aromatic rings. The molecule has 112 valence electrons.